The molecular weight excluding hydrogens is 221 g/mol. The molecule has 0 aromatic heterocycles. The van der Waals surface area contributed by atoms with Crippen molar-refractivity contribution in [2.45, 2.75) is 13.5 Å². The normalized spacial score (nSPS) is 10.8. The summed E-state index contributed by atoms with van der Waals surface area (Å²) in [5.41, 5.74) is 1.63. The van der Waals surface area contributed by atoms with E-state index < -0.39 is 0 Å². The zero-order valence-electron chi connectivity index (χ0n) is 10.5. The molecule has 0 spiro atoms. The molecule has 0 fully saturated rings. The molecule has 0 aliphatic rings. The Morgan fingerprint density at radius 3 is 2.76 bits per heavy atom. The Kier molecular flexibility index (Phi) is 6.77. The van der Waals surface area contributed by atoms with Gasteiger partial charge in [-0.25, -0.2) is 4.39 Å². The standard InChI is InChI=1S/C13H20FNO2/c1-11-3-4-12(9-13(11)14)10-15-5-6-17-8-7-16-2/h3-4,9,15H,5-8,10H2,1-2H3. The van der Waals surface area contributed by atoms with E-state index in [1.165, 1.54) is 0 Å². The summed E-state index contributed by atoms with van der Waals surface area (Å²) in [7, 11) is 1.65. The lowest BCUT2D eigenvalue weighted by Crippen LogP contribution is -2.20. The van der Waals surface area contributed by atoms with E-state index in [4.69, 9.17) is 9.47 Å². The number of halogens is 1. The summed E-state index contributed by atoms with van der Waals surface area (Å²) in [5.74, 6) is -0.152. The van der Waals surface area contributed by atoms with Gasteiger partial charge < -0.3 is 14.8 Å². The van der Waals surface area contributed by atoms with Crippen LogP contribution >= 0.6 is 0 Å². The topological polar surface area (TPSA) is 30.5 Å². The van der Waals surface area contributed by atoms with Gasteiger partial charge >= 0.3 is 0 Å². The molecule has 17 heavy (non-hydrogen) atoms. The minimum atomic E-state index is -0.152. The second-order valence-electron chi connectivity index (χ2n) is 3.87. The Bertz CT molecular complexity index is 331. The third kappa shape index (κ3) is 5.77. The minimum Gasteiger partial charge on any atom is -0.382 e. The molecule has 0 atom stereocenters. The number of hydrogen-bond donors (Lipinski definition) is 1. The number of benzene rings is 1. The number of ether oxygens (including phenoxy) is 2. The van der Waals surface area contributed by atoms with Crippen LogP contribution < -0.4 is 5.32 Å². The van der Waals surface area contributed by atoms with E-state index in [0.717, 1.165) is 12.1 Å². The first-order valence-electron chi connectivity index (χ1n) is 5.76. The number of rotatable bonds is 8. The highest BCUT2D eigenvalue weighted by molar-refractivity contribution is 5.23. The summed E-state index contributed by atoms with van der Waals surface area (Å²) in [6, 6.07) is 5.28. The van der Waals surface area contributed by atoms with Crippen LogP contribution in [0.2, 0.25) is 0 Å². The number of nitrogens with one attached hydrogen (secondary N) is 1. The molecule has 0 aliphatic carbocycles. The van der Waals surface area contributed by atoms with Gasteiger partial charge in [-0.2, -0.15) is 0 Å². The van der Waals surface area contributed by atoms with Gasteiger partial charge in [-0.3, -0.25) is 0 Å². The molecule has 0 unspecified atom stereocenters. The van der Waals surface area contributed by atoms with Gasteiger partial charge in [0.15, 0.2) is 0 Å². The summed E-state index contributed by atoms with van der Waals surface area (Å²) >= 11 is 0. The molecule has 1 rings (SSSR count). The van der Waals surface area contributed by atoms with Gasteiger partial charge in [0.1, 0.15) is 5.82 Å². The van der Waals surface area contributed by atoms with E-state index in [9.17, 15) is 4.39 Å². The quantitative estimate of drug-likeness (QED) is 0.705. The van der Waals surface area contributed by atoms with Gasteiger partial charge in [0, 0.05) is 20.2 Å². The number of hydrogen-bond acceptors (Lipinski definition) is 3. The second-order valence-corrected chi connectivity index (χ2v) is 3.87. The first kappa shape index (κ1) is 14.1. The van der Waals surface area contributed by atoms with Crippen molar-refractivity contribution < 1.29 is 13.9 Å². The van der Waals surface area contributed by atoms with Crippen molar-refractivity contribution in [2.75, 3.05) is 33.5 Å². The van der Waals surface area contributed by atoms with Gasteiger partial charge in [0.05, 0.1) is 19.8 Å². The molecule has 96 valence electrons. The van der Waals surface area contributed by atoms with Crippen molar-refractivity contribution in [1.82, 2.24) is 5.32 Å². The van der Waals surface area contributed by atoms with E-state index in [-0.39, 0.29) is 5.82 Å². The van der Waals surface area contributed by atoms with Gasteiger partial charge in [-0.15, -0.1) is 0 Å². The summed E-state index contributed by atoms with van der Waals surface area (Å²) < 4.78 is 23.4. The smallest absolute Gasteiger partial charge is 0.126 e. The van der Waals surface area contributed by atoms with Crippen LogP contribution in [0.15, 0.2) is 18.2 Å². The highest BCUT2D eigenvalue weighted by Gasteiger charge is 1.98. The molecule has 0 heterocycles. The van der Waals surface area contributed by atoms with Gasteiger partial charge in [-0.05, 0) is 24.1 Å². The van der Waals surface area contributed by atoms with Crippen LogP contribution in [0, 0.1) is 12.7 Å². The monoisotopic (exact) mass is 241 g/mol. The van der Waals surface area contributed by atoms with Gasteiger partial charge in [0.25, 0.3) is 0 Å². The van der Waals surface area contributed by atoms with Gasteiger partial charge in [0.2, 0.25) is 0 Å². The number of aryl methyl sites for hydroxylation is 1. The maximum atomic E-state index is 13.2. The van der Waals surface area contributed by atoms with E-state index in [2.05, 4.69) is 5.32 Å². The summed E-state index contributed by atoms with van der Waals surface area (Å²) in [6.45, 7) is 5.03. The average Bonchev–Trinajstić information content (AvgIpc) is 2.32. The summed E-state index contributed by atoms with van der Waals surface area (Å²) in [4.78, 5) is 0. The van der Waals surface area contributed by atoms with Crippen molar-refractivity contribution >= 4 is 0 Å². The Balaban J connectivity index is 2.11. The first-order chi connectivity index (χ1) is 8.24. The van der Waals surface area contributed by atoms with Crippen molar-refractivity contribution in [2.24, 2.45) is 0 Å². The SMILES string of the molecule is COCCOCCNCc1ccc(C)c(F)c1. The lowest BCUT2D eigenvalue weighted by atomic mass is 10.1. The van der Waals surface area contributed by atoms with Crippen molar-refractivity contribution in [3.63, 3.8) is 0 Å². The van der Waals surface area contributed by atoms with E-state index >= 15 is 0 Å². The largest absolute Gasteiger partial charge is 0.382 e. The molecule has 0 bridgehead atoms. The van der Waals surface area contributed by atoms with Crippen LogP contribution in [0.3, 0.4) is 0 Å². The molecule has 1 aromatic carbocycles. The molecule has 0 radical (unpaired) electrons. The summed E-state index contributed by atoms with van der Waals surface area (Å²) in [5, 5.41) is 3.19. The maximum absolute atomic E-state index is 13.2. The average molecular weight is 241 g/mol. The molecule has 0 saturated heterocycles. The molecule has 3 nitrogen and oxygen atoms in total. The maximum Gasteiger partial charge on any atom is 0.126 e. The van der Waals surface area contributed by atoms with Crippen LogP contribution in [-0.2, 0) is 16.0 Å². The van der Waals surface area contributed by atoms with E-state index in [1.807, 2.05) is 6.07 Å². The lowest BCUT2D eigenvalue weighted by Gasteiger charge is -2.06. The van der Waals surface area contributed by atoms with Crippen LogP contribution in [0.25, 0.3) is 0 Å². The lowest BCUT2D eigenvalue weighted by molar-refractivity contribution is 0.0719. The summed E-state index contributed by atoms with van der Waals surface area (Å²) in [6.07, 6.45) is 0. The van der Waals surface area contributed by atoms with Crippen LogP contribution in [0.4, 0.5) is 4.39 Å². The van der Waals surface area contributed by atoms with E-state index in [0.29, 0.717) is 31.9 Å². The Morgan fingerprint density at radius 1 is 1.24 bits per heavy atom. The molecule has 4 heteroatoms. The zero-order valence-corrected chi connectivity index (χ0v) is 10.5. The molecule has 0 amide bonds. The second kappa shape index (κ2) is 8.17. The first-order valence-corrected chi connectivity index (χ1v) is 5.76. The Hall–Kier alpha value is -0.970. The Labute approximate surface area is 102 Å². The zero-order chi connectivity index (χ0) is 12.5. The number of methoxy groups -OCH3 is 1. The third-order valence-electron chi connectivity index (χ3n) is 2.42. The fourth-order valence-electron chi connectivity index (χ4n) is 1.37. The van der Waals surface area contributed by atoms with Crippen molar-refractivity contribution in [3.8, 4) is 0 Å². The fraction of sp³-hybridized carbons (Fsp3) is 0.538. The molecule has 0 aliphatic heterocycles. The molecule has 1 aromatic rings. The van der Waals surface area contributed by atoms with Crippen molar-refractivity contribution in [3.05, 3.63) is 35.1 Å². The van der Waals surface area contributed by atoms with Crippen LogP contribution in [0.5, 0.6) is 0 Å². The third-order valence-corrected chi connectivity index (χ3v) is 2.42. The molecule has 0 saturated carbocycles. The molecular formula is C13H20FNO2. The predicted molar refractivity (Wildman–Crippen MR) is 65.5 cm³/mol. The molecule has 1 N–H and O–H groups in total. The highest BCUT2D eigenvalue weighted by atomic mass is 19.1. The predicted octanol–water partition coefficient (Wildman–Crippen LogP) is 1.89. The fourth-order valence-corrected chi connectivity index (χ4v) is 1.37. The van der Waals surface area contributed by atoms with Gasteiger partial charge in [-0.1, -0.05) is 12.1 Å². The van der Waals surface area contributed by atoms with Crippen LogP contribution in [-0.4, -0.2) is 33.5 Å². The van der Waals surface area contributed by atoms with Crippen LogP contribution in [0.1, 0.15) is 11.1 Å². The Morgan fingerprint density at radius 2 is 2.06 bits per heavy atom. The minimum absolute atomic E-state index is 0.152. The van der Waals surface area contributed by atoms with Crippen molar-refractivity contribution in [1.29, 1.82) is 0 Å². The highest BCUT2D eigenvalue weighted by Crippen LogP contribution is 2.08. The van der Waals surface area contributed by atoms with E-state index in [1.54, 1.807) is 26.2 Å².